The zero-order chi connectivity index (χ0) is 15.8. The summed E-state index contributed by atoms with van der Waals surface area (Å²) in [4.78, 5) is 0. The molecule has 0 rings (SSSR count). The van der Waals surface area contributed by atoms with E-state index in [1.807, 2.05) is 19.9 Å². The van der Waals surface area contributed by atoms with Crippen LogP contribution in [0.1, 0.15) is 74.7 Å². The van der Waals surface area contributed by atoms with Gasteiger partial charge in [-0.25, -0.2) is 0 Å². The average Bonchev–Trinajstić information content (AvgIpc) is 2.35. The molecule has 0 aliphatic heterocycles. The van der Waals surface area contributed by atoms with Gasteiger partial charge >= 0.3 is 0 Å². The van der Waals surface area contributed by atoms with E-state index in [-0.39, 0.29) is 0 Å². The van der Waals surface area contributed by atoms with E-state index in [4.69, 9.17) is 0 Å². The van der Waals surface area contributed by atoms with E-state index in [1.54, 1.807) is 0 Å². The van der Waals surface area contributed by atoms with Crippen molar-refractivity contribution < 1.29 is 0 Å². The molecule has 0 amide bonds. The van der Waals surface area contributed by atoms with E-state index in [2.05, 4.69) is 60.8 Å². The van der Waals surface area contributed by atoms with Gasteiger partial charge in [0.05, 0.1) is 0 Å². The van der Waals surface area contributed by atoms with Gasteiger partial charge in [-0.05, 0) is 38.0 Å². The van der Waals surface area contributed by atoms with Crippen molar-refractivity contribution in [2.24, 2.45) is 11.8 Å². The summed E-state index contributed by atoms with van der Waals surface area (Å²) >= 11 is 0. The predicted octanol–water partition coefficient (Wildman–Crippen LogP) is 7.19. The lowest BCUT2D eigenvalue weighted by molar-refractivity contribution is 0.622. The molecule has 0 bridgehead atoms. The Morgan fingerprint density at radius 1 is 1.05 bits per heavy atom. The molecule has 0 heterocycles. The molecule has 0 saturated heterocycles. The van der Waals surface area contributed by atoms with Crippen LogP contribution in [0, 0.1) is 11.8 Å². The van der Waals surface area contributed by atoms with Crippen molar-refractivity contribution in [2.45, 2.75) is 74.7 Å². The first-order chi connectivity index (χ1) is 8.84. The van der Waals surface area contributed by atoms with Crippen LogP contribution in [0.4, 0.5) is 0 Å². The summed E-state index contributed by atoms with van der Waals surface area (Å²) in [6, 6.07) is 0. The quantitative estimate of drug-likeness (QED) is 0.352. The molecule has 0 spiro atoms. The molecule has 0 nitrogen and oxygen atoms in total. The summed E-state index contributed by atoms with van der Waals surface area (Å²) in [6.07, 6.45) is 7.48. The molecule has 114 valence electrons. The van der Waals surface area contributed by atoms with Crippen LogP contribution in [0.25, 0.3) is 0 Å². The highest BCUT2D eigenvalue weighted by Crippen LogP contribution is 2.21. The Hall–Kier alpha value is -0.780. The molecule has 0 heteroatoms. The van der Waals surface area contributed by atoms with Crippen LogP contribution in [0.15, 0.2) is 36.5 Å². The molecule has 0 radical (unpaired) electrons. The van der Waals surface area contributed by atoms with Crippen LogP contribution in [0.3, 0.4) is 0 Å². The monoisotopic (exact) mass is 266 g/mol. The van der Waals surface area contributed by atoms with Gasteiger partial charge in [-0.2, -0.15) is 0 Å². The molecule has 0 aliphatic carbocycles. The average molecular weight is 267 g/mol. The molecule has 0 aliphatic rings. The molecular weight excluding hydrogens is 228 g/mol. The second-order valence-electron chi connectivity index (χ2n) is 5.48. The maximum absolute atomic E-state index is 3.92. The minimum Gasteiger partial charge on any atom is -0.100 e. The van der Waals surface area contributed by atoms with E-state index in [0.29, 0.717) is 5.92 Å². The Kier molecular flexibility index (Phi) is 21.1. The van der Waals surface area contributed by atoms with Crippen molar-refractivity contribution in [1.82, 2.24) is 0 Å². The number of rotatable bonds is 6. The van der Waals surface area contributed by atoms with Gasteiger partial charge in [0.25, 0.3) is 0 Å². The molecule has 0 saturated carbocycles. The van der Waals surface area contributed by atoms with Crippen LogP contribution in [-0.4, -0.2) is 0 Å². The van der Waals surface area contributed by atoms with Gasteiger partial charge in [0, 0.05) is 0 Å². The van der Waals surface area contributed by atoms with E-state index in [0.717, 1.165) is 18.8 Å². The molecule has 0 aromatic carbocycles. The van der Waals surface area contributed by atoms with Gasteiger partial charge in [0.2, 0.25) is 0 Å². The summed E-state index contributed by atoms with van der Waals surface area (Å²) in [5.41, 5.74) is 2.76. The van der Waals surface area contributed by atoms with Crippen molar-refractivity contribution in [3.8, 4) is 0 Å². The zero-order valence-corrected chi connectivity index (χ0v) is 14.8. The molecule has 0 fully saturated rings. The maximum Gasteiger partial charge on any atom is -0.0231 e. The van der Waals surface area contributed by atoms with Crippen LogP contribution < -0.4 is 0 Å². The summed E-state index contributed by atoms with van der Waals surface area (Å²) in [5.74, 6) is 1.51. The Bertz CT molecular complexity index is 228. The SMILES string of the molecule is C=C/C=C(/CCC(=C)C)C(C)CC.CC.CC(C)C. The summed E-state index contributed by atoms with van der Waals surface area (Å²) in [5, 5.41) is 0. The zero-order valence-electron chi connectivity index (χ0n) is 14.8. The van der Waals surface area contributed by atoms with Crippen molar-refractivity contribution in [3.05, 3.63) is 36.5 Å². The predicted molar refractivity (Wildman–Crippen MR) is 93.6 cm³/mol. The van der Waals surface area contributed by atoms with E-state index in [1.165, 1.54) is 17.6 Å². The van der Waals surface area contributed by atoms with Crippen molar-refractivity contribution in [1.29, 1.82) is 0 Å². The fourth-order valence-electron chi connectivity index (χ4n) is 1.27. The molecular formula is C19H38. The minimum absolute atomic E-state index is 0.678. The van der Waals surface area contributed by atoms with Gasteiger partial charge in [-0.1, -0.05) is 78.3 Å². The smallest absolute Gasteiger partial charge is 0.0231 e. The van der Waals surface area contributed by atoms with E-state index < -0.39 is 0 Å². The first-order valence-electron chi connectivity index (χ1n) is 7.80. The van der Waals surface area contributed by atoms with Gasteiger partial charge in [0.1, 0.15) is 0 Å². The first kappa shape index (κ1) is 23.3. The van der Waals surface area contributed by atoms with E-state index in [9.17, 15) is 0 Å². The number of allylic oxidation sites excluding steroid dienone is 4. The van der Waals surface area contributed by atoms with Crippen molar-refractivity contribution in [2.75, 3.05) is 0 Å². The van der Waals surface area contributed by atoms with Crippen LogP contribution in [-0.2, 0) is 0 Å². The highest BCUT2D eigenvalue weighted by Gasteiger charge is 2.05. The second kappa shape index (κ2) is 17.2. The van der Waals surface area contributed by atoms with Crippen LogP contribution >= 0.6 is 0 Å². The summed E-state index contributed by atoms with van der Waals surface area (Å²) < 4.78 is 0. The maximum atomic E-state index is 3.92. The van der Waals surface area contributed by atoms with Gasteiger partial charge in [0.15, 0.2) is 0 Å². The fraction of sp³-hybridized carbons (Fsp3) is 0.684. The normalized spacial score (nSPS) is 11.7. The Morgan fingerprint density at radius 2 is 1.47 bits per heavy atom. The van der Waals surface area contributed by atoms with Gasteiger partial charge in [-0.15, -0.1) is 6.58 Å². The Labute approximate surface area is 123 Å². The Balaban J connectivity index is -0.000000361. The first-order valence-corrected chi connectivity index (χ1v) is 7.80. The molecule has 0 aromatic heterocycles. The third-order valence-corrected chi connectivity index (χ3v) is 2.42. The minimum atomic E-state index is 0.678. The second-order valence-corrected chi connectivity index (χ2v) is 5.48. The summed E-state index contributed by atoms with van der Waals surface area (Å²) in [7, 11) is 0. The summed E-state index contributed by atoms with van der Waals surface area (Å²) in [6.45, 7) is 24.7. The van der Waals surface area contributed by atoms with E-state index >= 15 is 0 Å². The third kappa shape index (κ3) is 22.8. The molecule has 19 heavy (non-hydrogen) atoms. The molecule has 0 aromatic rings. The topological polar surface area (TPSA) is 0 Å². The highest BCUT2D eigenvalue weighted by atomic mass is 14.1. The molecule has 1 atom stereocenters. The number of hydrogen-bond donors (Lipinski definition) is 0. The standard InChI is InChI=1S/C13H22.C4H10.C2H6/c1-6-8-13(12(5)7-2)10-9-11(3)4;1-4(2)3;1-2/h6,8,12H,1,3,7,9-10H2,2,4-5H3;4H,1-3H3;1-2H3/b13-8-;;. The van der Waals surface area contributed by atoms with Crippen LogP contribution in [0.5, 0.6) is 0 Å². The van der Waals surface area contributed by atoms with Crippen molar-refractivity contribution in [3.63, 3.8) is 0 Å². The molecule has 1 unspecified atom stereocenters. The number of hydrogen-bond acceptors (Lipinski definition) is 0. The lowest BCUT2D eigenvalue weighted by Gasteiger charge is -2.13. The van der Waals surface area contributed by atoms with Gasteiger partial charge < -0.3 is 0 Å². The largest absolute Gasteiger partial charge is 0.100 e. The fourth-order valence-corrected chi connectivity index (χ4v) is 1.27. The van der Waals surface area contributed by atoms with Crippen molar-refractivity contribution >= 4 is 0 Å². The lowest BCUT2D eigenvalue weighted by Crippen LogP contribution is -1.98. The Morgan fingerprint density at radius 3 is 1.74 bits per heavy atom. The van der Waals surface area contributed by atoms with Gasteiger partial charge in [-0.3, -0.25) is 0 Å². The lowest BCUT2D eigenvalue weighted by atomic mass is 9.93. The highest BCUT2D eigenvalue weighted by molar-refractivity contribution is 5.14. The molecule has 0 N–H and O–H groups in total. The van der Waals surface area contributed by atoms with Crippen LogP contribution in [0.2, 0.25) is 0 Å². The third-order valence-electron chi connectivity index (χ3n) is 2.42.